The van der Waals surface area contributed by atoms with Crippen molar-refractivity contribution in [2.75, 3.05) is 0 Å². The lowest BCUT2D eigenvalue weighted by molar-refractivity contribution is 1.03. The molecule has 0 aliphatic rings. The van der Waals surface area contributed by atoms with Crippen molar-refractivity contribution in [3.05, 3.63) is 75.1 Å². The molecule has 0 fully saturated rings. The third-order valence-corrected chi connectivity index (χ3v) is 6.34. The van der Waals surface area contributed by atoms with Gasteiger partial charge in [0.05, 0.1) is 22.2 Å². The maximum absolute atomic E-state index is 12.7. The van der Waals surface area contributed by atoms with Crippen LogP contribution in [0, 0.1) is 0 Å². The molecular formula is C20H13ClN4OS2. The fourth-order valence-corrected chi connectivity index (χ4v) is 4.95. The normalized spacial score (nSPS) is 11.5. The fourth-order valence-electron chi connectivity index (χ4n) is 3.06. The topological polar surface area (TPSA) is 74.4 Å². The van der Waals surface area contributed by atoms with Crippen molar-refractivity contribution < 1.29 is 0 Å². The fraction of sp³-hybridized carbons (Fsp3) is 0.0500. The maximum Gasteiger partial charge on any atom is 0.260 e. The molecule has 28 heavy (non-hydrogen) atoms. The molecule has 3 aromatic heterocycles. The number of thiophene rings is 1. The highest BCUT2D eigenvalue weighted by Gasteiger charge is 2.13. The molecule has 0 saturated heterocycles. The van der Waals surface area contributed by atoms with Gasteiger partial charge < -0.3 is 9.97 Å². The van der Waals surface area contributed by atoms with Gasteiger partial charge in [-0.05, 0) is 23.8 Å². The van der Waals surface area contributed by atoms with Crippen LogP contribution in [0.2, 0.25) is 5.02 Å². The third-order valence-electron chi connectivity index (χ3n) is 4.35. The Hall–Kier alpha value is -2.61. The summed E-state index contributed by atoms with van der Waals surface area (Å²) in [7, 11) is 0. The number of thioether (sulfide) groups is 1. The van der Waals surface area contributed by atoms with E-state index in [2.05, 4.69) is 19.9 Å². The highest BCUT2D eigenvalue weighted by atomic mass is 35.5. The quantitative estimate of drug-likeness (QED) is 0.375. The van der Waals surface area contributed by atoms with Gasteiger partial charge in [0.1, 0.15) is 10.7 Å². The summed E-state index contributed by atoms with van der Waals surface area (Å²) >= 11 is 8.99. The third kappa shape index (κ3) is 3.22. The summed E-state index contributed by atoms with van der Waals surface area (Å²) in [6.45, 7) is 0. The smallest absolute Gasteiger partial charge is 0.260 e. The molecular weight excluding hydrogens is 412 g/mol. The van der Waals surface area contributed by atoms with E-state index in [0.717, 1.165) is 32.1 Å². The molecule has 0 aliphatic carbocycles. The van der Waals surface area contributed by atoms with Gasteiger partial charge in [-0.25, -0.2) is 9.97 Å². The van der Waals surface area contributed by atoms with Gasteiger partial charge in [0.2, 0.25) is 0 Å². The van der Waals surface area contributed by atoms with E-state index < -0.39 is 0 Å². The van der Waals surface area contributed by atoms with Crippen LogP contribution in [0.15, 0.2) is 63.9 Å². The van der Waals surface area contributed by atoms with Crippen molar-refractivity contribution in [3.8, 4) is 11.1 Å². The van der Waals surface area contributed by atoms with E-state index in [-0.39, 0.29) is 5.56 Å². The van der Waals surface area contributed by atoms with Crippen molar-refractivity contribution >= 4 is 55.9 Å². The van der Waals surface area contributed by atoms with Crippen LogP contribution in [0.5, 0.6) is 0 Å². The lowest BCUT2D eigenvalue weighted by atomic mass is 10.1. The van der Waals surface area contributed by atoms with Gasteiger partial charge >= 0.3 is 0 Å². The number of H-pyrrole nitrogens is 2. The number of imidazole rings is 1. The number of fused-ring (bicyclic) bond motifs is 2. The minimum Gasteiger partial charge on any atom is -0.333 e. The standard InChI is InChI=1S/C20H13ClN4OS2/c21-12-6-7-14-15(8-12)23-20(22-14)28-10-16-24-18(26)17-13(9-27-19(17)25-16)11-4-2-1-3-5-11/h1-9H,10H2,(H,22,23)(H,24,25,26). The molecule has 3 heterocycles. The largest absolute Gasteiger partial charge is 0.333 e. The molecule has 5 aromatic rings. The highest BCUT2D eigenvalue weighted by Crippen LogP contribution is 2.31. The van der Waals surface area contributed by atoms with Gasteiger partial charge in [-0.1, -0.05) is 53.7 Å². The van der Waals surface area contributed by atoms with Crippen LogP contribution in [0.1, 0.15) is 5.82 Å². The minimum absolute atomic E-state index is 0.114. The Morgan fingerprint density at radius 3 is 2.79 bits per heavy atom. The van der Waals surface area contributed by atoms with E-state index in [0.29, 0.717) is 22.0 Å². The lowest BCUT2D eigenvalue weighted by Crippen LogP contribution is -2.10. The first-order valence-electron chi connectivity index (χ1n) is 8.51. The zero-order valence-corrected chi connectivity index (χ0v) is 16.8. The molecule has 0 spiro atoms. The van der Waals surface area contributed by atoms with E-state index in [4.69, 9.17) is 11.6 Å². The zero-order valence-electron chi connectivity index (χ0n) is 14.4. The van der Waals surface area contributed by atoms with E-state index in [1.807, 2.05) is 53.9 Å². The molecule has 8 heteroatoms. The van der Waals surface area contributed by atoms with Crippen molar-refractivity contribution in [3.63, 3.8) is 0 Å². The van der Waals surface area contributed by atoms with E-state index in [1.165, 1.54) is 23.1 Å². The summed E-state index contributed by atoms with van der Waals surface area (Å²) in [6.07, 6.45) is 0. The predicted molar refractivity (Wildman–Crippen MR) is 116 cm³/mol. The van der Waals surface area contributed by atoms with Gasteiger partial charge in [-0.3, -0.25) is 4.79 Å². The average Bonchev–Trinajstić information content (AvgIpc) is 3.30. The average molecular weight is 425 g/mol. The Morgan fingerprint density at radius 2 is 1.93 bits per heavy atom. The molecule has 2 aromatic carbocycles. The Bertz CT molecular complexity index is 1360. The molecule has 0 atom stereocenters. The number of hydrogen-bond donors (Lipinski definition) is 2. The monoisotopic (exact) mass is 424 g/mol. The number of aromatic nitrogens is 4. The Balaban J connectivity index is 1.44. The first-order valence-corrected chi connectivity index (χ1v) is 10.8. The first-order chi connectivity index (χ1) is 13.7. The summed E-state index contributed by atoms with van der Waals surface area (Å²) in [5, 5.41) is 4.05. The molecule has 138 valence electrons. The predicted octanol–water partition coefficient (Wildman–Crippen LogP) is 5.47. The van der Waals surface area contributed by atoms with Crippen LogP contribution in [0.4, 0.5) is 0 Å². The van der Waals surface area contributed by atoms with Crippen LogP contribution in [0.25, 0.3) is 32.4 Å². The van der Waals surface area contributed by atoms with Crippen LogP contribution in [-0.4, -0.2) is 19.9 Å². The van der Waals surface area contributed by atoms with Gasteiger partial charge in [-0.2, -0.15) is 0 Å². The second kappa shape index (κ2) is 7.09. The SMILES string of the molecule is O=c1[nH]c(CSc2nc3ccc(Cl)cc3[nH]2)nc2scc(-c3ccccc3)c12. The molecule has 5 rings (SSSR count). The highest BCUT2D eigenvalue weighted by molar-refractivity contribution is 7.98. The number of hydrogen-bond acceptors (Lipinski definition) is 5. The number of nitrogens with zero attached hydrogens (tertiary/aromatic N) is 2. The summed E-state index contributed by atoms with van der Waals surface area (Å²) in [5.74, 6) is 1.14. The summed E-state index contributed by atoms with van der Waals surface area (Å²) < 4.78 is 0. The Morgan fingerprint density at radius 1 is 1.07 bits per heavy atom. The molecule has 0 amide bonds. The molecule has 0 aliphatic heterocycles. The summed E-state index contributed by atoms with van der Waals surface area (Å²) in [5.41, 5.74) is 3.57. The van der Waals surface area contributed by atoms with Crippen LogP contribution in [0.3, 0.4) is 0 Å². The zero-order chi connectivity index (χ0) is 19.1. The van der Waals surface area contributed by atoms with Crippen molar-refractivity contribution in [2.24, 2.45) is 0 Å². The number of aromatic amines is 2. The molecule has 0 unspecified atom stereocenters. The van der Waals surface area contributed by atoms with Crippen LogP contribution >= 0.6 is 34.7 Å². The van der Waals surface area contributed by atoms with Crippen molar-refractivity contribution in [2.45, 2.75) is 10.9 Å². The van der Waals surface area contributed by atoms with Gasteiger partial charge in [0.15, 0.2) is 5.16 Å². The van der Waals surface area contributed by atoms with E-state index in [1.54, 1.807) is 0 Å². The van der Waals surface area contributed by atoms with E-state index in [9.17, 15) is 4.79 Å². The summed E-state index contributed by atoms with van der Waals surface area (Å²) in [4.78, 5) is 28.8. The molecule has 0 radical (unpaired) electrons. The van der Waals surface area contributed by atoms with Gasteiger partial charge in [0.25, 0.3) is 5.56 Å². The number of nitrogens with one attached hydrogen (secondary N) is 2. The second-order valence-electron chi connectivity index (χ2n) is 6.20. The number of halogens is 1. The number of rotatable bonds is 4. The maximum atomic E-state index is 12.7. The minimum atomic E-state index is -0.114. The van der Waals surface area contributed by atoms with Gasteiger partial charge in [-0.15, -0.1) is 11.3 Å². The van der Waals surface area contributed by atoms with Crippen LogP contribution < -0.4 is 5.56 Å². The van der Waals surface area contributed by atoms with Crippen LogP contribution in [-0.2, 0) is 5.75 Å². The molecule has 0 saturated carbocycles. The number of benzene rings is 2. The first kappa shape index (κ1) is 17.5. The lowest BCUT2D eigenvalue weighted by Gasteiger charge is -2.01. The molecule has 2 N–H and O–H groups in total. The van der Waals surface area contributed by atoms with Gasteiger partial charge in [0, 0.05) is 16.0 Å². The Labute approximate surface area is 172 Å². The molecule has 5 nitrogen and oxygen atoms in total. The van der Waals surface area contributed by atoms with Crippen molar-refractivity contribution in [1.29, 1.82) is 0 Å². The van der Waals surface area contributed by atoms with Crippen molar-refractivity contribution in [1.82, 2.24) is 19.9 Å². The summed E-state index contributed by atoms with van der Waals surface area (Å²) in [6, 6.07) is 15.4. The Kier molecular flexibility index (Phi) is 4.43. The second-order valence-corrected chi connectivity index (χ2v) is 8.46. The molecule has 0 bridgehead atoms. The van der Waals surface area contributed by atoms with E-state index >= 15 is 0 Å².